The molecule has 0 aliphatic rings. The first kappa shape index (κ1) is 11.2. The van der Waals surface area contributed by atoms with Crippen LogP contribution in [0.1, 0.15) is 19.3 Å². The predicted octanol–water partition coefficient (Wildman–Crippen LogP) is 0.266. The minimum Gasteiger partial charge on any atom is -0.330 e. The molecule has 0 aliphatic heterocycles. The molecule has 0 spiro atoms. The Bertz CT molecular complexity index is 178. The van der Waals surface area contributed by atoms with Gasteiger partial charge >= 0.3 is 0 Å². The lowest BCUT2D eigenvalue weighted by Crippen LogP contribution is -2.04. The summed E-state index contributed by atoms with van der Waals surface area (Å²) in [4.78, 5) is 0. The van der Waals surface area contributed by atoms with Gasteiger partial charge in [0.15, 0.2) is 0 Å². The Kier molecular flexibility index (Phi) is 5.98. The van der Waals surface area contributed by atoms with Gasteiger partial charge in [-0.25, -0.2) is 0 Å². The zero-order valence-corrected chi connectivity index (χ0v) is 7.83. The summed E-state index contributed by atoms with van der Waals surface area (Å²) >= 11 is 4.10. The minimum absolute atomic E-state index is 0.235. The van der Waals surface area contributed by atoms with E-state index in [2.05, 4.69) is 15.4 Å². The van der Waals surface area contributed by atoms with Gasteiger partial charge in [-0.15, -0.1) is 0 Å². The second kappa shape index (κ2) is 5.84. The van der Waals surface area contributed by atoms with E-state index in [1.807, 2.05) is 0 Å². The summed E-state index contributed by atoms with van der Waals surface area (Å²) in [5.41, 5.74) is 5.23. The van der Waals surface area contributed by atoms with Crippen LogP contribution in [0.4, 0.5) is 0 Å². The number of hydrogen-bond acceptors (Lipinski definition) is 4. The van der Waals surface area contributed by atoms with E-state index >= 15 is 0 Å². The van der Waals surface area contributed by atoms with Crippen molar-refractivity contribution < 1.29 is 12.9 Å². The molecule has 3 N–H and O–H groups in total. The zero-order valence-electron chi connectivity index (χ0n) is 6.19. The summed E-state index contributed by atoms with van der Waals surface area (Å²) < 4.78 is 23.2. The van der Waals surface area contributed by atoms with Crippen LogP contribution in [0, 0.1) is 0 Å². The fraction of sp³-hybridized carbons (Fsp3) is 1.00. The van der Waals surface area contributed by atoms with Crippen LogP contribution < -0.4 is 5.73 Å². The summed E-state index contributed by atoms with van der Waals surface area (Å²) in [5.74, 6) is 0. The summed E-state index contributed by atoms with van der Waals surface area (Å²) in [5, 5.41) is 0. The molecule has 0 radical (unpaired) electrons. The van der Waals surface area contributed by atoms with Gasteiger partial charge in [0.2, 0.25) is 0 Å². The van der Waals surface area contributed by atoms with Gasteiger partial charge in [-0.05, 0) is 25.8 Å². The van der Waals surface area contributed by atoms with Crippen molar-refractivity contribution >= 4 is 20.2 Å². The van der Waals surface area contributed by atoms with Crippen molar-refractivity contribution in [2.45, 2.75) is 19.3 Å². The number of rotatable bonds is 6. The first-order chi connectivity index (χ1) is 5.06. The van der Waals surface area contributed by atoms with Crippen molar-refractivity contribution in [1.29, 1.82) is 0 Å². The molecule has 6 heteroatoms. The van der Waals surface area contributed by atoms with E-state index in [0.717, 1.165) is 19.3 Å². The number of unbranched alkanes of at least 4 members (excludes halogenated alkanes) is 2. The molecule has 11 heavy (non-hydrogen) atoms. The van der Waals surface area contributed by atoms with E-state index in [0.29, 0.717) is 6.54 Å². The molecule has 0 aromatic rings. The maximum atomic E-state index is 10.3. The highest BCUT2D eigenvalue weighted by Gasteiger charge is 1.97. The van der Waals surface area contributed by atoms with Gasteiger partial charge in [-0.2, -0.15) is 4.21 Å². The Hall–Kier alpha value is 0.250. The molecule has 0 bridgehead atoms. The molecule has 1 atom stereocenters. The third-order valence-electron chi connectivity index (χ3n) is 1.08. The van der Waals surface area contributed by atoms with Crippen molar-refractivity contribution in [2.24, 2.45) is 5.73 Å². The van der Waals surface area contributed by atoms with Gasteiger partial charge < -0.3 is 5.73 Å². The van der Waals surface area contributed by atoms with Crippen molar-refractivity contribution in [1.82, 2.24) is 0 Å². The molecular formula is C5H13NO3S2. The minimum atomic E-state index is -3.41. The van der Waals surface area contributed by atoms with Crippen molar-refractivity contribution in [3.8, 4) is 0 Å². The Labute approximate surface area is 71.8 Å². The Morgan fingerprint density at radius 1 is 1.45 bits per heavy atom. The van der Waals surface area contributed by atoms with Gasteiger partial charge in [0.05, 0.1) is 6.61 Å². The van der Waals surface area contributed by atoms with Crippen LogP contribution in [0.25, 0.3) is 0 Å². The third kappa shape index (κ3) is 10.2. The van der Waals surface area contributed by atoms with Crippen molar-refractivity contribution in [3.05, 3.63) is 0 Å². The van der Waals surface area contributed by atoms with Crippen LogP contribution in [0.3, 0.4) is 0 Å². The van der Waals surface area contributed by atoms with Crippen LogP contribution >= 0.6 is 0 Å². The Balaban J connectivity index is 3.16. The van der Waals surface area contributed by atoms with Crippen molar-refractivity contribution in [3.63, 3.8) is 0 Å². The van der Waals surface area contributed by atoms with Crippen LogP contribution in [0.15, 0.2) is 0 Å². The average molecular weight is 199 g/mol. The van der Waals surface area contributed by atoms with E-state index in [9.17, 15) is 4.21 Å². The first-order valence-electron chi connectivity index (χ1n) is 3.38. The van der Waals surface area contributed by atoms with Gasteiger partial charge in [0.25, 0.3) is 9.05 Å². The molecule has 0 heterocycles. The van der Waals surface area contributed by atoms with E-state index in [-0.39, 0.29) is 6.61 Å². The highest BCUT2D eigenvalue weighted by Crippen LogP contribution is 1.96. The molecular weight excluding hydrogens is 186 g/mol. The molecule has 0 amide bonds. The van der Waals surface area contributed by atoms with Gasteiger partial charge in [0.1, 0.15) is 0 Å². The lowest BCUT2D eigenvalue weighted by Gasteiger charge is -2.00. The Morgan fingerprint density at radius 3 is 2.55 bits per heavy atom. The van der Waals surface area contributed by atoms with Gasteiger partial charge in [0, 0.05) is 11.2 Å². The van der Waals surface area contributed by atoms with Crippen LogP contribution in [-0.2, 0) is 24.4 Å². The first-order valence-corrected chi connectivity index (χ1v) is 5.74. The van der Waals surface area contributed by atoms with Crippen molar-refractivity contribution in [2.75, 3.05) is 13.2 Å². The SMILES string of the molecule is NCCCCCOS(=O)(O)=S. The smallest absolute Gasteiger partial charge is 0.266 e. The van der Waals surface area contributed by atoms with Crippen LogP contribution in [0.5, 0.6) is 0 Å². The molecule has 0 aromatic heterocycles. The van der Waals surface area contributed by atoms with E-state index in [1.54, 1.807) is 0 Å². The van der Waals surface area contributed by atoms with E-state index in [1.165, 1.54) is 0 Å². The normalized spacial score (nSPS) is 16.2. The monoisotopic (exact) mass is 199 g/mol. The second-order valence-electron chi connectivity index (χ2n) is 2.10. The second-order valence-corrected chi connectivity index (χ2v) is 4.45. The summed E-state index contributed by atoms with van der Waals surface area (Å²) in [6, 6.07) is 0. The van der Waals surface area contributed by atoms with Crippen LogP contribution in [-0.4, -0.2) is 21.9 Å². The van der Waals surface area contributed by atoms with E-state index in [4.69, 9.17) is 10.3 Å². The lowest BCUT2D eigenvalue weighted by molar-refractivity contribution is 0.295. The van der Waals surface area contributed by atoms with E-state index < -0.39 is 9.05 Å². The zero-order chi connectivity index (χ0) is 8.74. The molecule has 4 nitrogen and oxygen atoms in total. The molecule has 0 saturated heterocycles. The summed E-state index contributed by atoms with van der Waals surface area (Å²) in [6.07, 6.45) is 2.54. The molecule has 0 aromatic carbocycles. The van der Waals surface area contributed by atoms with Crippen LogP contribution in [0.2, 0.25) is 0 Å². The largest absolute Gasteiger partial charge is 0.330 e. The summed E-state index contributed by atoms with van der Waals surface area (Å²) in [7, 11) is -3.41. The molecule has 0 fully saturated rings. The van der Waals surface area contributed by atoms with Gasteiger partial charge in [-0.1, -0.05) is 0 Å². The topological polar surface area (TPSA) is 72.5 Å². The quantitative estimate of drug-likeness (QED) is 0.601. The third-order valence-corrected chi connectivity index (χ3v) is 1.83. The summed E-state index contributed by atoms with van der Waals surface area (Å²) in [6.45, 7) is 0.876. The fourth-order valence-corrected chi connectivity index (χ4v) is 1.12. The Morgan fingerprint density at radius 2 is 2.09 bits per heavy atom. The van der Waals surface area contributed by atoms with Gasteiger partial charge in [-0.3, -0.25) is 8.74 Å². The maximum Gasteiger partial charge on any atom is 0.266 e. The highest BCUT2D eigenvalue weighted by molar-refractivity contribution is 8.27. The molecule has 0 rings (SSSR count). The number of nitrogens with two attached hydrogens (primary N) is 1. The molecule has 0 aliphatic carbocycles. The molecule has 1 unspecified atom stereocenters. The predicted molar refractivity (Wildman–Crippen MR) is 47.0 cm³/mol. The standard InChI is InChI=1S/C5H13NO3S2/c6-4-2-1-3-5-9-11(7,8)10/h1-6H2,(H,7,8,10). The highest BCUT2D eigenvalue weighted by atomic mass is 32.9. The number of hydrogen-bond donors (Lipinski definition) is 2. The molecule has 0 saturated carbocycles. The maximum absolute atomic E-state index is 10.3. The average Bonchev–Trinajstić information content (AvgIpc) is 1.85. The fourth-order valence-electron chi connectivity index (χ4n) is 0.587. The lowest BCUT2D eigenvalue weighted by atomic mass is 10.2. The molecule has 68 valence electrons.